The number of esters is 1. The van der Waals surface area contributed by atoms with Gasteiger partial charge in [-0.25, -0.2) is 9.79 Å². The van der Waals surface area contributed by atoms with Crippen LogP contribution in [-0.4, -0.2) is 21.8 Å². The molecular weight excluding hydrogens is 322 g/mol. The highest BCUT2D eigenvalue weighted by molar-refractivity contribution is 6.31. The molecule has 1 aliphatic heterocycles. The third-order valence-corrected chi connectivity index (χ3v) is 3.20. The number of cyclic esters (lactones) is 1. The maximum atomic E-state index is 11.8. The molecule has 0 saturated carbocycles. The van der Waals surface area contributed by atoms with Crippen molar-refractivity contribution < 1.29 is 14.5 Å². The highest BCUT2D eigenvalue weighted by Gasteiger charge is 2.25. The van der Waals surface area contributed by atoms with Crippen molar-refractivity contribution in [1.82, 2.24) is 4.98 Å². The Morgan fingerprint density at radius 3 is 2.61 bits per heavy atom. The number of benzene rings is 1. The zero-order valence-electron chi connectivity index (χ0n) is 11.5. The number of nitro groups is 1. The van der Waals surface area contributed by atoms with Gasteiger partial charge < -0.3 is 4.74 Å². The van der Waals surface area contributed by atoms with Gasteiger partial charge in [0.2, 0.25) is 5.90 Å². The van der Waals surface area contributed by atoms with Gasteiger partial charge in [-0.15, -0.1) is 0 Å². The van der Waals surface area contributed by atoms with E-state index in [0.717, 1.165) is 0 Å². The Bertz CT molecular complexity index is 859. The lowest BCUT2D eigenvalue weighted by Crippen LogP contribution is -2.06. The quantitative estimate of drug-likeness (QED) is 0.373. The molecule has 23 heavy (non-hydrogen) atoms. The number of aromatic nitrogens is 1. The molecule has 0 unspecified atom stereocenters. The van der Waals surface area contributed by atoms with Gasteiger partial charge in [0.15, 0.2) is 5.70 Å². The third kappa shape index (κ3) is 3.24. The number of ether oxygens (including phenoxy) is 1. The number of hydrogen-bond donors (Lipinski definition) is 0. The van der Waals surface area contributed by atoms with E-state index in [-0.39, 0.29) is 17.3 Å². The molecule has 1 aromatic heterocycles. The molecule has 0 radical (unpaired) electrons. The number of non-ortho nitro benzene ring substituents is 1. The minimum absolute atomic E-state index is 0.0338. The largest absolute Gasteiger partial charge is 0.400 e. The minimum atomic E-state index is -0.625. The molecule has 0 bridgehead atoms. The monoisotopic (exact) mass is 329 g/mol. The lowest BCUT2D eigenvalue weighted by atomic mass is 10.2. The molecule has 0 atom stereocenters. The van der Waals surface area contributed by atoms with Crippen LogP contribution in [0.15, 0.2) is 53.3 Å². The molecule has 0 amide bonds. The molecule has 0 spiro atoms. The summed E-state index contributed by atoms with van der Waals surface area (Å²) in [6, 6.07) is 8.84. The van der Waals surface area contributed by atoms with Gasteiger partial charge in [0.25, 0.3) is 5.69 Å². The molecule has 3 rings (SSSR count). The zero-order chi connectivity index (χ0) is 16.4. The van der Waals surface area contributed by atoms with Crippen LogP contribution in [0.2, 0.25) is 5.02 Å². The van der Waals surface area contributed by atoms with E-state index >= 15 is 0 Å². The summed E-state index contributed by atoms with van der Waals surface area (Å²) in [6.45, 7) is 0. The number of nitro benzene ring substituents is 1. The summed E-state index contributed by atoms with van der Waals surface area (Å²) >= 11 is 5.86. The van der Waals surface area contributed by atoms with Gasteiger partial charge in [-0.05, 0) is 35.9 Å². The molecule has 2 aromatic rings. The van der Waals surface area contributed by atoms with Crippen LogP contribution in [0.5, 0.6) is 0 Å². The van der Waals surface area contributed by atoms with Gasteiger partial charge in [0.1, 0.15) is 5.69 Å². The van der Waals surface area contributed by atoms with E-state index in [4.69, 9.17) is 16.3 Å². The Morgan fingerprint density at radius 2 is 1.96 bits per heavy atom. The fourth-order valence-electron chi connectivity index (χ4n) is 1.89. The van der Waals surface area contributed by atoms with Crippen LogP contribution in [0.25, 0.3) is 6.08 Å². The summed E-state index contributed by atoms with van der Waals surface area (Å²) in [6.07, 6.45) is 2.95. The molecular formula is C15H8ClN3O4. The van der Waals surface area contributed by atoms with E-state index in [9.17, 15) is 14.9 Å². The van der Waals surface area contributed by atoms with Gasteiger partial charge in [-0.3, -0.25) is 15.1 Å². The Balaban J connectivity index is 1.90. The van der Waals surface area contributed by atoms with Crippen molar-refractivity contribution in [3.05, 3.63) is 74.7 Å². The summed E-state index contributed by atoms with van der Waals surface area (Å²) in [7, 11) is 0. The molecule has 0 fully saturated rings. The average molecular weight is 330 g/mol. The first-order valence-corrected chi connectivity index (χ1v) is 6.80. The van der Waals surface area contributed by atoms with Gasteiger partial charge in [-0.2, -0.15) is 0 Å². The lowest BCUT2D eigenvalue weighted by Gasteiger charge is -1.97. The Hall–Kier alpha value is -3.06. The second kappa shape index (κ2) is 5.98. The van der Waals surface area contributed by atoms with Crippen LogP contribution in [0.3, 0.4) is 0 Å². The maximum Gasteiger partial charge on any atom is 0.363 e. The van der Waals surface area contributed by atoms with Crippen molar-refractivity contribution in [3.8, 4) is 0 Å². The van der Waals surface area contributed by atoms with E-state index in [0.29, 0.717) is 16.3 Å². The molecule has 1 aliphatic rings. The first kappa shape index (κ1) is 14.9. The summed E-state index contributed by atoms with van der Waals surface area (Å²) < 4.78 is 5.06. The van der Waals surface area contributed by atoms with Gasteiger partial charge in [0.05, 0.1) is 4.92 Å². The number of carbonyl (C=O) groups is 1. The van der Waals surface area contributed by atoms with Crippen LogP contribution in [0.1, 0.15) is 11.3 Å². The highest BCUT2D eigenvalue weighted by Crippen LogP contribution is 2.20. The molecule has 1 aromatic carbocycles. The number of pyridine rings is 1. The standard InChI is InChI=1S/C15H8ClN3O4/c16-10-5-6-17-12(8-10)14-18-13(15(20)23-14)7-9-1-3-11(4-2-9)19(21)22/h1-8H/b13-7-. The predicted octanol–water partition coefficient (Wildman–Crippen LogP) is 2.99. The molecule has 7 nitrogen and oxygen atoms in total. The number of carbonyl (C=O) groups excluding carboxylic acids is 1. The van der Waals surface area contributed by atoms with Crippen molar-refractivity contribution in [2.75, 3.05) is 0 Å². The summed E-state index contributed by atoms with van der Waals surface area (Å²) in [5, 5.41) is 11.1. The van der Waals surface area contributed by atoms with E-state index in [2.05, 4.69) is 9.98 Å². The number of aliphatic imine (C=N–C) groups is 1. The van der Waals surface area contributed by atoms with E-state index in [1.165, 1.54) is 42.6 Å². The van der Waals surface area contributed by atoms with Crippen molar-refractivity contribution in [2.45, 2.75) is 0 Å². The lowest BCUT2D eigenvalue weighted by molar-refractivity contribution is -0.384. The van der Waals surface area contributed by atoms with Crippen molar-refractivity contribution >= 4 is 35.2 Å². The number of halogens is 1. The molecule has 0 saturated heterocycles. The van der Waals surface area contributed by atoms with E-state index < -0.39 is 10.9 Å². The smallest absolute Gasteiger partial charge is 0.363 e. The van der Waals surface area contributed by atoms with Crippen LogP contribution in [0.4, 0.5) is 5.69 Å². The number of hydrogen-bond acceptors (Lipinski definition) is 6. The van der Waals surface area contributed by atoms with Gasteiger partial charge in [-0.1, -0.05) is 11.6 Å². The Morgan fingerprint density at radius 1 is 1.22 bits per heavy atom. The number of rotatable bonds is 3. The predicted molar refractivity (Wildman–Crippen MR) is 82.9 cm³/mol. The second-order valence-electron chi connectivity index (χ2n) is 4.54. The summed E-state index contributed by atoms with van der Waals surface area (Å²) in [5.41, 5.74) is 0.980. The molecule has 0 aliphatic carbocycles. The van der Waals surface area contributed by atoms with Gasteiger partial charge in [0, 0.05) is 23.4 Å². The van der Waals surface area contributed by atoms with Crippen molar-refractivity contribution in [2.24, 2.45) is 4.99 Å². The van der Waals surface area contributed by atoms with Gasteiger partial charge >= 0.3 is 5.97 Å². The Kier molecular flexibility index (Phi) is 3.86. The summed E-state index contributed by atoms with van der Waals surface area (Å²) in [5.74, 6) is -0.564. The summed E-state index contributed by atoms with van der Waals surface area (Å²) in [4.78, 5) is 30.1. The molecule has 114 valence electrons. The minimum Gasteiger partial charge on any atom is -0.400 e. The van der Waals surface area contributed by atoms with Crippen LogP contribution in [-0.2, 0) is 9.53 Å². The van der Waals surface area contributed by atoms with Crippen LogP contribution in [0, 0.1) is 10.1 Å². The van der Waals surface area contributed by atoms with Crippen molar-refractivity contribution in [3.63, 3.8) is 0 Å². The van der Waals surface area contributed by atoms with E-state index in [1.807, 2.05) is 0 Å². The molecule has 0 N–H and O–H groups in total. The average Bonchev–Trinajstić information content (AvgIpc) is 2.89. The van der Waals surface area contributed by atoms with E-state index in [1.54, 1.807) is 6.07 Å². The third-order valence-electron chi connectivity index (χ3n) is 2.97. The normalized spacial score (nSPS) is 15.4. The van der Waals surface area contributed by atoms with Crippen LogP contribution < -0.4 is 0 Å². The topological polar surface area (TPSA) is 94.7 Å². The van der Waals surface area contributed by atoms with Crippen LogP contribution >= 0.6 is 11.6 Å². The first-order valence-electron chi connectivity index (χ1n) is 6.42. The Labute approximate surface area is 135 Å². The second-order valence-corrected chi connectivity index (χ2v) is 4.98. The number of nitrogens with zero attached hydrogens (tertiary/aromatic N) is 3. The zero-order valence-corrected chi connectivity index (χ0v) is 12.2. The fourth-order valence-corrected chi connectivity index (χ4v) is 2.05. The fraction of sp³-hybridized carbons (Fsp3) is 0. The molecule has 8 heteroatoms. The highest BCUT2D eigenvalue weighted by atomic mass is 35.5. The van der Waals surface area contributed by atoms with Crippen molar-refractivity contribution in [1.29, 1.82) is 0 Å². The SMILES string of the molecule is O=C1OC(c2cc(Cl)ccn2)=N/C1=C\c1ccc([N+](=O)[O-])cc1. The first-order chi connectivity index (χ1) is 11.0. The molecule has 2 heterocycles. The maximum absolute atomic E-state index is 11.8.